The fourth-order valence-corrected chi connectivity index (χ4v) is 4.79. The van der Waals surface area contributed by atoms with Crippen LogP contribution in [0.3, 0.4) is 0 Å². The molecule has 1 heterocycles. The molecule has 0 atom stereocenters. The Bertz CT molecular complexity index is 1330. The molecule has 7 heteroatoms. The van der Waals surface area contributed by atoms with E-state index >= 15 is 0 Å². The van der Waals surface area contributed by atoms with E-state index in [4.69, 9.17) is 14.2 Å². The third kappa shape index (κ3) is 5.05. The van der Waals surface area contributed by atoms with Gasteiger partial charge in [0.15, 0.2) is 6.61 Å². The van der Waals surface area contributed by atoms with Crippen molar-refractivity contribution in [1.29, 1.82) is 0 Å². The average molecular weight is 476 g/mol. The Morgan fingerprint density at radius 3 is 2.41 bits per heavy atom. The van der Waals surface area contributed by atoms with Crippen LogP contribution in [0.2, 0.25) is 0 Å². The first-order valence-corrected chi connectivity index (χ1v) is 11.7. The number of aryl methyl sites for hydroxylation is 1. The monoisotopic (exact) mass is 475 g/mol. The van der Waals surface area contributed by atoms with Gasteiger partial charge in [0.1, 0.15) is 22.1 Å². The highest BCUT2D eigenvalue weighted by Gasteiger charge is 2.25. The normalized spacial score (nSPS) is 10.7. The molecule has 4 rings (SSSR count). The summed E-state index contributed by atoms with van der Waals surface area (Å²) in [6, 6.07) is 20.9. The molecule has 6 nitrogen and oxygen atoms in total. The van der Waals surface area contributed by atoms with Crippen molar-refractivity contribution < 1.29 is 23.8 Å². The number of anilines is 1. The number of para-hydroxylation sites is 1. The van der Waals surface area contributed by atoms with Crippen LogP contribution >= 0.6 is 11.3 Å². The van der Waals surface area contributed by atoms with Crippen molar-refractivity contribution in [2.24, 2.45) is 0 Å². The van der Waals surface area contributed by atoms with Gasteiger partial charge in [-0.15, -0.1) is 11.3 Å². The molecule has 0 radical (unpaired) electrons. The van der Waals surface area contributed by atoms with E-state index in [1.165, 1.54) is 11.3 Å². The lowest BCUT2D eigenvalue weighted by Gasteiger charge is -2.11. The second kappa shape index (κ2) is 10.4. The summed E-state index contributed by atoms with van der Waals surface area (Å²) >= 11 is 1.34. The van der Waals surface area contributed by atoms with Crippen molar-refractivity contribution in [3.05, 3.63) is 77.2 Å². The number of nitrogens with one attached hydrogen (secondary N) is 1. The van der Waals surface area contributed by atoms with Gasteiger partial charge in [-0.05, 0) is 60.5 Å². The maximum absolute atomic E-state index is 13.0. The number of benzene rings is 3. The quantitative estimate of drug-likeness (QED) is 0.313. The lowest BCUT2D eigenvalue weighted by atomic mass is 9.98. The highest BCUT2D eigenvalue weighted by molar-refractivity contribution is 7.17. The van der Waals surface area contributed by atoms with E-state index in [2.05, 4.69) is 5.32 Å². The number of hydrogen-bond donors (Lipinski definition) is 1. The fraction of sp³-hybridized carbons (Fsp3) is 0.185. The van der Waals surface area contributed by atoms with Crippen molar-refractivity contribution >= 4 is 39.0 Å². The zero-order chi connectivity index (χ0) is 24.1. The molecule has 1 aromatic heterocycles. The zero-order valence-electron chi connectivity index (χ0n) is 19.2. The summed E-state index contributed by atoms with van der Waals surface area (Å²) in [4.78, 5) is 26.5. The third-order valence-electron chi connectivity index (χ3n) is 5.27. The van der Waals surface area contributed by atoms with Crippen LogP contribution in [0.5, 0.6) is 11.5 Å². The van der Waals surface area contributed by atoms with E-state index in [9.17, 15) is 9.59 Å². The number of amides is 1. The van der Waals surface area contributed by atoms with Gasteiger partial charge >= 0.3 is 5.97 Å². The summed E-state index contributed by atoms with van der Waals surface area (Å²) in [7, 11) is 1.64. The molecule has 0 bridgehead atoms. The van der Waals surface area contributed by atoms with Crippen LogP contribution in [0.1, 0.15) is 22.2 Å². The van der Waals surface area contributed by atoms with Gasteiger partial charge in [-0.2, -0.15) is 0 Å². The number of carbonyl (C=O) groups excluding carboxylic acids is 2. The van der Waals surface area contributed by atoms with Crippen LogP contribution in [0.15, 0.2) is 66.7 Å². The Labute approximate surface area is 202 Å². The van der Waals surface area contributed by atoms with Gasteiger partial charge in [-0.3, -0.25) is 4.79 Å². The summed E-state index contributed by atoms with van der Waals surface area (Å²) in [6.07, 6.45) is 0. The Kier molecular flexibility index (Phi) is 7.13. The second-order valence-electron chi connectivity index (χ2n) is 7.54. The number of esters is 1. The molecule has 0 aliphatic carbocycles. The zero-order valence-corrected chi connectivity index (χ0v) is 20.0. The van der Waals surface area contributed by atoms with E-state index in [0.717, 1.165) is 32.5 Å². The van der Waals surface area contributed by atoms with Crippen LogP contribution in [0.4, 0.5) is 5.00 Å². The predicted molar refractivity (Wildman–Crippen MR) is 135 cm³/mol. The number of thiophene rings is 1. The van der Waals surface area contributed by atoms with Crippen molar-refractivity contribution in [2.45, 2.75) is 13.8 Å². The minimum absolute atomic E-state index is 0.170. The molecule has 4 aromatic rings. The van der Waals surface area contributed by atoms with Crippen LogP contribution in [0, 0.1) is 6.92 Å². The summed E-state index contributed by atoms with van der Waals surface area (Å²) in [5.41, 5.74) is 1.97. The van der Waals surface area contributed by atoms with E-state index in [0.29, 0.717) is 16.3 Å². The van der Waals surface area contributed by atoms with Crippen LogP contribution in [-0.4, -0.2) is 32.2 Å². The van der Waals surface area contributed by atoms with Gasteiger partial charge in [0, 0.05) is 10.4 Å². The molecular weight excluding hydrogens is 450 g/mol. The number of rotatable bonds is 8. The van der Waals surface area contributed by atoms with Crippen LogP contribution in [0.25, 0.3) is 21.9 Å². The molecule has 0 aliphatic heterocycles. The van der Waals surface area contributed by atoms with Crippen LogP contribution < -0.4 is 14.8 Å². The van der Waals surface area contributed by atoms with E-state index < -0.39 is 5.97 Å². The average Bonchev–Trinajstić information content (AvgIpc) is 3.18. The molecular formula is C27H25NO5S. The largest absolute Gasteiger partial charge is 0.497 e. The van der Waals surface area contributed by atoms with Gasteiger partial charge < -0.3 is 19.5 Å². The van der Waals surface area contributed by atoms with E-state index in [1.54, 1.807) is 26.2 Å². The Hall–Kier alpha value is -3.84. The molecule has 3 aromatic carbocycles. The van der Waals surface area contributed by atoms with Crippen LogP contribution in [-0.2, 0) is 9.53 Å². The minimum Gasteiger partial charge on any atom is -0.497 e. The molecule has 0 unspecified atom stereocenters. The van der Waals surface area contributed by atoms with Gasteiger partial charge in [0.05, 0.1) is 13.7 Å². The molecule has 0 aliphatic rings. The number of fused-ring (bicyclic) bond motifs is 1. The molecule has 0 saturated carbocycles. The van der Waals surface area contributed by atoms with Gasteiger partial charge in [0.2, 0.25) is 0 Å². The number of methoxy groups -OCH3 is 1. The van der Waals surface area contributed by atoms with Crippen molar-refractivity contribution in [2.75, 3.05) is 25.6 Å². The molecule has 0 spiro atoms. The van der Waals surface area contributed by atoms with Crippen molar-refractivity contribution in [3.63, 3.8) is 0 Å². The first-order valence-electron chi connectivity index (χ1n) is 10.9. The molecule has 1 amide bonds. The molecule has 0 fully saturated rings. The fourth-order valence-electron chi connectivity index (χ4n) is 3.71. The Balaban J connectivity index is 1.67. The van der Waals surface area contributed by atoms with Gasteiger partial charge in [0.25, 0.3) is 5.91 Å². The van der Waals surface area contributed by atoms with E-state index in [1.807, 2.05) is 61.5 Å². The first-order chi connectivity index (χ1) is 16.5. The Morgan fingerprint density at radius 1 is 0.941 bits per heavy atom. The summed E-state index contributed by atoms with van der Waals surface area (Å²) in [6.45, 7) is 3.74. The molecule has 0 saturated heterocycles. The minimum atomic E-state index is -0.476. The highest BCUT2D eigenvalue weighted by Crippen LogP contribution is 2.41. The summed E-state index contributed by atoms with van der Waals surface area (Å²) in [5.74, 6) is 0.546. The van der Waals surface area contributed by atoms with E-state index in [-0.39, 0.29) is 19.1 Å². The van der Waals surface area contributed by atoms with Gasteiger partial charge in [-0.1, -0.05) is 36.4 Å². The SMILES string of the molecule is CCOC(=O)c1c(NC(=O)COc2ccccc2)sc(C)c1-c1ccc2cc(OC)ccc2c1. The number of ether oxygens (including phenoxy) is 3. The maximum Gasteiger partial charge on any atom is 0.341 e. The molecule has 1 N–H and O–H groups in total. The predicted octanol–water partition coefficient (Wildman–Crippen LogP) is 6.08. The smallest absolute Gasteiger partial charge is 0.341 e. The Morgan fingerprint density at radius 2 is 1.68 bits per heavy atom. The topological polar surface area (TPSA) is 73.9 Å². The lowest BCUT2D eigenvalue weighted by molar-refractivity contribution is -0.118. The standard InChI is InChI=1S/C27H25NO5S/c1-4-32-27(30)25-24(20-11-10-19-15-22(31-3)13-12-18(19)14-20)17(2)34-26(25)28-23(29)16-33-21-8-6-5-7-9-21/h5-15H,4,16H2,1-3H3,(H,28,29). The number of carbonyl (C=O) groups is 2. The second-order valence-corrected chi connectivity index (χ2v) is 8.76. The van der Waals surface area contributed by atoms with Crippen molar-refractivity contribution in [1.82, 2.24) is 0 Å². The van der Waals surface area contributed by atoms with Gasteiger partial charge in [-0.25, -0.2) is 4.79 Å². The lowest BCUT2D eigenvalue weighted by Crippen LogP contribution is -2.21. The highest BCUT2D eigenvalue weighted by atomic mass is 32.1. The first kappa shape index (κ1) is 23.3. The van der Waals surface area contributed by atoms with Crippen molar-refractivity contribution in [3.8, 4) is 22.6 Å². The maximum atomic E-state index is 13.0. The molecule has 174 valence electrons. The summed E-state index contributed by atoms with van der Waals surface area (Å²) < 4.78 is 16.2. The number of hydrogen-bond acceptors (Lipinski definition) is 6. The summed E-state index contributed by atoms with van der Waals surface area (Å²) in [5, 5.41) is 5.33. The third-order valence-corrected chi connectivity index (χ3v) is 6.29. The molecule has 34 heavy (non-hydrogen) atoms.